The van der Waals surface area contributed by atoms with Crippen LogP contribution in [-0.2, 0) is 19.2 Å². The third-order valence-corrected chi connectivity index (χ3v) is 4.84. The van der Waals surface area contributed by atoms with Gasteiger partial charge in [-0.15, -0.1) is 0 Å². The van der Waals surface area contributed by atoms with Gasteiger partial charge in [-0.1, -0.05) is 27.7 Å². The molecule has 0 fully saturated rings. The first-order valence-electron chi connectivity index (χ1n) is 9.30. The Bertz CT molecular complexity index is 556. The minimum Gasteiger partial charge on any atom is -0.480 e. The van der Waals surface area contributed by atoms with Crippen LogP contribution in [0.5, 0.6) is 0 Å². The van der Waals surface area contributed by atoms with E-state index in [1.54, 1.807) is 39.5 Å². The van der Waals surface area contributed by atoms with Gasteiger partial charge in [-0.3, -0.25) is 14.4 Å². The molecule has 0 aliphatic rings. The minimum absolute atomic E-state index is 0.227. The van der Waals surface area contributed by atoms with Crippen molar-refractivity contribution in [2.45, 2.75) is 65.2 Å². The summed E-state index contributed by atoms with van der Waals surface area (Å²) in [6, 6.07) is -3.59. The van der Waals surface area contributed by atoms with E-state index in [2.05, 4.69) is 16.0 Å². The first-order chi connectivity index (χ1) is 12.9. The second kappa shape index (κ2) is 12.6. The number of carboxylic acids is 1. The van der Waals surface area contributed by atoms with Crippen molar-refractivity contribution in [2.75, 3.05) is 12.0 Å². The molecule has 4 atom stereocenters. The summed E-state index contributed by atoms with van der Waals surface area (Å²) in [6.07, 6.45) is 2.40. The predicted octanol–water partition coefficient (Wildman–Crippen LogP) is -0.0623. The molecule has 10 heteroatoms. The lowest BCUT2D eigenvalue weighted by molar-refractivity contribution is -0.143. The fourth-order valence-corrected chi connectivity index (χ4v) is 2.82. The number of carbonyl (C=O) groups excluding carboxylic acids is 3. The molecule has 9 nitrogen and oxygen atoms in total. The Labute approximate surface area is 170 Å². The van der Waals surface area contributed by atoms with E-state index in [0.29, 0.717) is 6.42 Å². The highest BCUT2D eigenvalue weighted by molar-refractivity contribution is 7.98. The number of carbonyl (C=O) groups is 4. The molecular weight excluding hydrogens is 384 g/mol. The molecule has 0 spiro atoms. The maximum Gasteiger partial charge on any atom is 0.326 e. The Kier molecular flexibility index (Phi) is 11.8. The van der Waals surface area contributed by atoms with Crippen LogP contribution in [0, 0.1) is 11.8 Å². The number of nitrogens with two attached hydrogens (primary N) is 1. The van der Waals surface area contributed by atoms with Crippen molar-refractivity contribution in [1.29, 1.82) is 0 Å². The van der Waals surface area contributed by atoms with Crippen molar-refractivity contribution >= 4 is 35.5 Å². The second-order valence-electron chi connectivity index (χ2n) is 7.42. The molecule has 0 radical (unpaired) electrons. The van der Waals surface area contributed by atoms with Crippen LogP contribution >= 0.6 is 11.8 Å². The highest BCUT2D eigenvalue weighted by Gasteiger charge is 2.30. The molecular formula is C18H34N4O5S. The molecule has 3 amide bonds. The van der Waals surface area contributed by atoms with E-state index in [9.17, 15) is 19.2 Å². The summed E-state index contributed by atoms with van der Waals surface area (Å²) in [5, 5.41) is 16.7. The zero-order valence-electron chi connectivity index (χ0n) is 17.4. The molecule has 6 N–H and O–H groups in total. The zero-order valence-corrected chi connectivity index (χ0v) is 18.3. The molecule has 0 aromatic rings. The fourth-order valence-electron chi connectivity index (χ4n) is 2.33. The first-order valence-corrected chi connectivity index (χ1v) is 10.7. The van der Waals surface area contributed by atoms with Crippen LogP contribution in [0.1, 0.15) is 41.0 Å². The molecule has 0 aromatic carbocycles. The normalized spacial score (nSPS) is 15.5. The van der Waals surface area contributed by atoms with Crippen LogP contribution in [0.2, 0.25) is 0 Å². The highest BCUT2D eigenvalue weighted by atomic mass is 32.2. The number of carboxylic acid groups (broad SMARTS) is 1. The molecule has 0 saturated carbocycles. The van der Waals surface area contributed by atoms with Crippen molar-refractivity contribution in [1.82, 2.24) is 16.0 Å². The Morgan fingerprint density at radius 1 is 0.857 bits per heavy atom. The lowest BCUT2D eigenvalue weighted by atomic mass is 10.0. The smallest absolute Gasteiger partial charge is 0.326 e. The number of amides is 3. The topological polar surface area (TPSA) is 151 Å². The minimum atomic E-state index is -1.14. The Morgan fingerprint density at radius 2 is 1.36 bits per heavy atom. The quantitative estimate of drug-likeness (QED) is 0.298. The molecule has 162 valence electrons. The first kappa shape index (κ1) is 26.2. The van der Waals surface area contributed by atoms with Crippen molar-refractivity contribution in [3.05, 3.63) is 0 Å². The van der Waals surface area contributed by atoms with E-state index >= 15 is 0 Å². The largest absolute Gasteiger partial charge is 0.480 e. The molecule has 0 aliphatic heterocycles. The van der Waals surface area contributed by atoms with Crippen molar-refractivity contribution in [3.8, 4) is 0 Å². The fraction of sp³-hybridized carbons (Fsp3) is 0.778. The van der Waals surface area contributed by atoms with E-state index in [1.807, 2.05) is 6.26 Å². The van der Waals surface area contributed by atoms with Crippen molar-refractivity contribution in [2.24, 2.45) is 17.6 Å². The van der Waals surface area contributed by atoms with Gasteiger partial charge in [0.05, 0.1) is 6.04 Å². The van der Waals surface area contributed by atoms with Gasteiger partial charge in [0.15, 0.2) is 0 Å². The second-order valence-corrected chi connectivity index (χ2v) is 8.40. The maximum atomic E-state index is 12.6. The van der Waals surface area contributed by atoms with Crippen LogP contribution in [0.15, 0.2) is 0 Å². The Balaban J connectivity index is 4.93. The van der Waals surface area contributed by atoms with Crippen LogP contribution in [0.4, 0.5) is 0 Å². The highest BCUT2D eigenvalue weighted by Crippen LogP contribution is 2.06. The number of thioether (sulfide) groups is 1. The van der Waals surface area contributed by atoms with Crippen LogP contribution < -0.4 is 21.7 Å². The Morgan fingerprint density at radius 3 is 1.79 bits per heavy atom. The van der Waals surface area contributed by atoms with Crippen LogP contribution in [-0.4, -0.2) is 65.0 Å². The van der Waals surface area contributed by atoms with E-state index < -0.39 is 47.9 Å². The van der Waals surface area contributed by atoms with E-state index in [0.717, 1.165) is 5.75 Å². The SMILES string of the molecule is CSCC[C@H](N)C(=O)N[C@H](C(=O)N[C@@H](C)C(=O)N[C@H](C(=O)O)C(C)C)C(C)C. The molecule has 0 unspecified atom stereocenters. The van der Waals surface area contributed by atoms with Gasteiger partial charge in [-0.25, -0.2) is 4.79 Å². The van der Waals surface area contributed by atoms with Gasteiger partial charge in [0.1, 0.15) is 18.1 Å². The number of hydrogen-bond donors (Lipinski definition) is 5. The van der Waals surface area contributed by atoms with Crippen molar-refractivity contribution < 1.29 is 24.3 Å². The number of nitrogens with one attached hydrogen (secondary N) is 3. The standard InChI is InChI=1S/C18H34N4O5S/c1-9(2)13(21-16(24)12(19)7-8-28-6)17(25)20-11(5)15(23)22-14(10(3)4)18(26)27/h9-14H,7-8,19H2,1-6H3,(H,20,25)(H,21,24)(H,22,23)(H,26,27)/t11-,12-,13-,14-/m0/s1. The third kappa shape index (κ3) is 8.92. The number of rotatable bonds is 12. The molecule has 28 heavy (non-hydrogen) atoms. The van der Waals surface area contributed by atoms with Gasteiger partial charge in [0, 0.05) is 0 Å². The van der Waals surface area contributed by atoms with Crippen molar-refractivity contribution in [3.63, 3.8) is 0 Å². The van der Waals surface area contributed by atoms with Gasteiger partial charge in [0.25, 0.3) is 0 Å². The zero-order chi connectivity index (χ0) is 22.0. The number of aliphatic carboxylic acids is 1. The third-order valence-electron chi connectivity index (χ3n) is 4.20. The van der Waals surface area contributed by atoms with Gasteiger partial charge in [0.2, 0.25) is 17.7 Å². The van der Waals surface area contributed by atoms with Crippen LogP contribution in [0.3, 0.4) is 0 Å². The lowest BCUT2D eigenvalue weighted by Crippen LogP contribution is -2.58. The Hall–Kier alpha value is -1.81. The van der Waals surface area contributed by atoms with Crippen LogP contribution in [0.25, 0.3) is 0 Å². The van der Waals surface area contributed by atoms with Gasteiger partial charge >= 0.3 is 5.97 Å². The molecule has 0 saturated heterocycles. The van der Waals surface area contributed by atoms with Gasteiger partial charge < -0.3 is 26.8 Å². The lowest BCUT2D eigenvalue weighted by Gasteiger charge is -2.26. The molecule has 0 aromatic heterocycles. The predicted molar refractivity (Wildman–Crippen MR) is 110 cm³/mol. The van der Waals surface area contributed by atoms with E-state index in [-0.39, 0.29) is 11.8 Å². The monoisotopic (exact) mass is 418 g/mol. The number of hydrogen-bond acceptors (Lipinski definition) is 6. The average molecular weight is 419 g/mol. The van der Waals surface area contributed by atoms with E-state index in [1.165, 1.54) is 6.92 Å². The van der Waals surface area contributed by atoms with E-state index in [4.69, 9.17) is 10.8 Å². The molecule has 0 heterocycles. The summed E-state index contributed by atoms with van der Waals surface area (Å²) in [4.78, 5) is 48.2. The average Bonchev–Trinajstić information content (AvgIpc) is 2.60. The summed E-state index contributed by atoms with van der Waals surface area (Å²) >= 11 is 1.57. The summed E-state index contributed by atoms with van der Waals surface area (Å²) in [5.41, 5.74) is 5.84. The molecule has 0 bridgehead atoms. The van der Waals surface area contributed by atoms with Gasteiger partial charge in [-0.2, -0.15) is 11.8 Å². The summed E-state index contributed by atoms with van der Waals surface area (Å²) in [6.45, 7) is 8.33. The molecule has 0 aliphatic carbocycles. The van der Waals surface area contributed by atoms with Gasteiger partial charge in [-0.05, 0) is 37.2 Å². The maximum absolute atomic E-state index is 12.6. The summed E-state index contributed by atoms with van der Waals surface area (Å²) < 4.78 is 0. The summed E-state index contributed by atoms with van der Waals surface area (Å²) in [7, 11) is 0. The molecule has 0 rings (SSSR count). The summed E-state index contributed by atoms with van der Waals surface area (Å²) in [5.74, 6) is -2.52.